The van der Waals surface area contributed by atoms with Crippen molar-refractivity contribution >= 4 is 18.3 Å². The van der Waals surface area contributed by atoms with Crippen LogP contribution in [0.5, 0.6) is 0 Å². The van der Waals surface area contributed by atoms with Crippen molar-refractivity contribution in [1.82, 2.24) is 4.90 Å². The summed E-state index contributed by atoms with van der Waals surface area (Å²) in [4.78, 5) is 15.0. The lowest BCUT2D eigenvalue weighted by Gasteiger charge is -2.38. The third-order valence-corrected chi connectivity index (χ3v) is 4.60. The van der Waals surface area contributed by atoms with Gasteiger partial charge in [-0.2, -0.15) is 0 Å². The third-order valence-electron chi connectivity index (χ3n) is 4.60. The van der Waals surface area contributed by atoms with Gasteiger partial charge in [-0.1, -0.05) is 24.3 Å². The number of fused-ring (bicyclic) bond motifs is 1. The summed E-state index contributed by atoms with van der Waals surface area (Å²) in [5, 5.41) is 0. The van der Waals surface area contributed by atoms with Gasteiger partial charge in [0.25, 0.3) is 5.91 Å². The van der Waals surface area contributed by atoms with Gasteiger partial charge in [0.1, 0.15) is 0 Å². The number of benzene rings is 1. The molecule has 1 aromatic carbocycles. The first kappa shape index (κ1) is 18.2. The van der Waals surface area contributed by atoms with Gasteiger partial charge in [-0.25, -0.2) is 0 Å². The van der Waals surface area contributed by atoms with Crippen molar-refractivity contribution < 1.29 is 14.3 Å². The molecule has 0 aliphatic carbocycles. The van der Waals surface area contributed by atoms with Crippen LogP contribution in [0.15, 0.2) is 24.3 Å². The number of hydrogen-bond donors (Lipinski definition) is 1. The van der Waals surface area contributed by atoms with Crippen molar-refractivity contribution in [3.05, 3.63) is 35.4 Å². The predicted molar refractivity (Wildman–Crippen MR) is 90.7 cm³/mol. The van der Waals surface area contributed by atoms with Crippen LogP contribution in [0.3, 0.4) is 0 Å². The third kappa shape index (κ3) is 3.53. The van der Waals surface area contributed by atoms with Crippen LogP contribution in [0.1, 0.15) is 24.5 Å². The molecular weight excluding hydrogens is 316 g/mol. The Hall–Kier alpha value is -1.14. The molecule has 0 radical (unpaired) electrons. The summed E-state index contributed by atoms with van der Waals surface area (Å²) >= 11 is 0. The monoisotopic (exact) mass is 340 g/mol. The fraction of sp³-hybridized carbons (Fsp3) is 0.588. The summed E-state index contributed by atoms with van der Waals surface area (Å²) in [5.74, 6) is 0.0172. The second-order valence-electron chi connectivity index (χ2n) is 6.12. The Kier molecular flexibility index (Phi) is 6.03. The van der Waals surface area contributed by atoms with Gasteiger partial charge < -0.3 is 20.1 Å². The SMILES string of the molecule is CC1(C(=O)N2CCCOC(CN)C2)OCCc2ccccc21.Cl. The van der Waals surface area contributed by atoms with Crippen molar-refractivity contribution in [2.75, 3.05) is 32.8 Å². The number of amides is 1. The highest BCUT2D eigenvalue weighted by atomic mass is 35.5. The maximum atomic E-state index is 13.2. The lowest BCUT2D eigenvalue weighted by Crippen LogP contribution is -2.51. The van der Waals surface area contributed by atoms with E-state index in [2.05, 4.69) is 6.07 Å². The van der Waals surface area contributed by atoms with Gasteiger partial charge >= 0.3 is 0 Å². The quantitative estimate of drug-likeness (QED) is 0.885. The molecule has 0 spiro atoms. The topological polar surface area (TPSA) is 64.8 Å². The first-order chi connectivity index (χ1) is 10.6. The maximum absolute atomic E-state index is 13.2. The van der Waals surface area contributed by atoms with Crippen LogP contribution in [-0.2, 0) is 26.3 Å². The minimum Gasteiger partial charge on any atom is -0.375 e. The van der Waals surface area contributed by atoms with Crippen LogP contribution in [0.4, 0.5) is 0 Å². The van der Waals surface area contributed by atoms with Crippen LogP contribution in [0, 0.1) is 0 Å². The van der Waals surface area contributed by atoms with Crippen molar-refractivity contribution in [2.24, 2.45) is 5.73 Å². The Bertz CT molecular complexity index is 554. The zero-order valence-electron chi connectivity index (χ0n) is 13.5. The molecule has 2 aliphatic heterocycles. The molecule has 1 saturated heterocycles. The van der Waals surface area contributed by atoms with Gasteiger partial charge in [0.2, 0.25) is 0 Å². The average Bonchev–Trinajstić information content (AvgIpc) is 2.80. The van der Waals surface area contributed by atoms with Crippen LogP contribution in [-0.4, -0.2) is 49.8 Å². The molecule has 23 heavy (non-hydrogen) atoms. The van der Waals surface area contributed by atoms with E-state index in [1.165, 1.54) is 5.56 Å². The number of nitrogens with zero attached hydrogens (tertiary/aromatic N) is 1. The van der Waals surface area contributed by atoms with Crippen molar-refractivity contribution in [3.63, 3.8) is 0 Å². The Balaban J connectivity index is 0.00000192. The van der Waals surface area contributed by atoms with Crippen molar-refractivity contribution in [1.29, 1.82) is 0 Å². The zero-order valence-corrected chi connectivity index (χ0v) is 14.3. The van der Waals surface area contributed by atoms with E-state index in [4.69, 9.17) is 15.2 Å². The highest BCUT2D eigenvalue weighted by molar-refractivity contribution is 5.87. The van der Waals surface area contributed by atoms with E-state index in [1.54, 1.807) is 0 Å². The Labute approximate surface area is 143 Å². The van der Waals surface area contributed by atoms with E-state index in [0.29, 0.717) is 32.8 Å². The van der Waals surface area contributed by atoms with Gasteiger partial charge in [0.15, 0.2) is 5.60 Å². The molecule has 0 saturated carbocycles. The Morgan fingerprint density at radius 2 is 2.17 bits per heavy atom. The molecule has 5 nitrogen and oxygen atoms in total. The highest BCUT2D eigenvalue weighted by Gasteiger charge is 2.43. The minimum atomic E-state index is -0.904. The standard InChI is InChI=1S/C17H24N2O3.ClH/c1-17(15-6-3-2-5-13(15)7-10-22-17)16(20)19-8-4-9-21-14(11-18)12-19;/h2-3,5-6,14H,4,7-12,18H2,1H3;1H. The molecule has 1 aromatic rings. The molecule has 3 rings (SSSR count). The molecule has 2 N–H and O–H groups in total. The number of hydrogen-bond acceptors (Lipinski definition) is 4. The van der Waals surface area contributed by atoms with Crippen LogP contribution in [0.25, 0.3) is 0 Å². The maximum Gasteiger partial charge on any atom is 0.259 e. The number of rotatable bonds is 2. The molecule has 6 heteroatoms. The first-order valence-corrected chi connectivity index (χ1v) is 7.98. The predicted octanol–water partition coefficient (Wildman–Crippen LogP) is 1.47. The molecule has 128 valence electrons. The number of ether oxygens (including phenoxy) is 2. The van der Waals surface area contributed by atoms with Gasteiger partial charge in [0, 0.05) is 26.2 Å². The second-order valence-corrected chi connectivity index (χ2v) is 6.12. The van der Waals surface area contributed by atoms with Gasteiger partial charge in [-0.05, 0) is 30.9 Å². The Morgan fingerprint density at radius 1 is 1.39 bits per heavy atom. The number of carbonyl (C=O) groups is 1. The fourth-order valence-corrected chi connectivity index (χ4v) is 3.35. The number of halogens is 1. The smallest absolute Gasteiger partial charge is 0.259 e. The van der Waals surface area contributed by atoms with E-state index in [9.17, 15) is 4.79 Å². The van der Waals surface area contributed by atoms with E-state index in [0.717, 1.165) is 18.4 Å². The average molecular weight is 341 g/mol. The summed E-state index contributed by atoms with van der Waals surface area (Å²) in [5.41, 5.74) is 7.01. The van der Waals surface area contributed by atoms with Crippen LogP contribution >= 0.6 is 12.4 Å². The van der Waals surface area contributed by atoms with E-state index >= 15 is 0 Å². The number of nitrogens with two attached hydrogens (primary N) is 1. The molecule has 2 unspecified atom stereocenters. The summed E-state index contributed by atoms with van der Waals surface area (Å²) in [6.45, 7) is 4.77. The largest absolute Gasteiger partial charge is 0.375 e. The summed E-state index contributed by atoms with van der Waals surface area (Å²) in [7, 11) is 0. The lowest BCUT2D eigenvalue weighted by atomic mass is 9.86. The van der Waals surface area contributed by atoms with Gasteiger partial charge in [0.05, 0.1) is 12.7 Å². The van der Waals surface area contributed by atoms with Crippen LogP contribution in [0.2, 0.25) is 0 Å². The summed E-state index contributed by atoms with van der Waals surface area (Å²) < 4.78 is 11.6. The molecule has 2 atom stereocenters. The molecular formula is C17H25ClN2O3. The van der Waals surface area contributed by atoms with E-state index in [1.807, 2.05) is 30.0 Å². The van der Waals surface area contributed by atoms with Gasteiger partial charge in [-0.15, -0.1) is 12.4 Å². The fourth-order valence-electron chi connectivity index (χ4n) is 3.35. The normalized spacial score (nSPS) is 27.6. The zero-order chi connectivity index (χ0) is 15.6. The highest BCUT2D eigenvalue weighted by Crippen LogP contribution is 2.34. The van der Waals surface area contributed by atoms with E-state index in [-0.39, 0.29) is 24.4 Å². The molecule has 1 amide bonds. The summed E-state index contributed by atoms with van der Waals surface area (Å²) in [6.07, 6.45) is 1.60. The molecule has 2 heterocycles. The number of carbonyl (C=O) groups excluding carboxylic acids is 1. The first-order valence-electron chi connectivity index (χ1n) is 7.98. The molecule has 2 aliphatic rings. The Morgan fingerprint density at radius 3 is 2.96 bits per heavy atom. The minimum absolute atomic E-state index is 0. The second kappa shape index (κ2) is 7.62. The van der Waals surface area contributed by atoms with Gasteiger partial charge in [-0.3, -0.25) is 4.79 Å². The van der Waals surface area contributed by atoms with Crippen molar-refractivity contribution in [3.8, 4) is 0 Å². The summed E-state index contributed by atoms with van der Waals surface area (Å²) in [6, 6.07) is 8.06. The molecule has 0 bridgehead atoms. The van der Waals surface area contributed by atoms with Crippen molar-refractivity contribution in [2.45, 2.75) is 31.5 Å². The van der Waals surface area contributed by atoms with Crippen LogP contribution < -0.4 is 5.73 Å². The molecule has 1 fully saturated rings. The lowest BCUT2D eigenvalue weighted by molar-refractivity contribution is -0.160. The molecule has 0 aromatic heterocycles. The van der Waals surface area contributed by atoms with E-state index < -0.39 is 5.60 Å².